The zero-order valence-electron chi connectivity index (χ0n) is 4.70. The largest absolute Gasteiger partial charge is 0.357 e. The molecule has 0 rings (SSSR count). The van der Waals surface area contributed by atoms with E-state index in [2.05, 4.69) is 19.6 Å². The first-order valence-corrected chi connectivity index (χ1v) is 2.60. The summed E-state index contributed by atoms with van der Waals surface area (Å²) in [5, 5.41) is 0. The summed E-state index contributed by atoms with van der Waals surface area (Å²) < 4.78 is 0. The third kappa shape index (κ3) is 2.21. The van der Waals surface area contributed by atoms with Gasteiger partial charge in [0.1, 0.15) is 0 Å². The van der Waals surface area contributed by atoms with Gasteiger partial charge in [-0.1, -0.05) is 13.8 Å². The summed E-state index contributed by atoms with van der Waals surface area (Å²) in [6.07, 6.45) is 1.27. The van der Waals surface area contributed by atoms with Gasteiger partial charge in [0.2, 0.25) is 0 Å². The van der Waals surface area contributed by atoms with Crippen LogP contribution in [0.25, 0.3) is 0 Å². The van der Waals surface area contributed by atoms with Crippen molar-refractivity contribution in [1.82, 2.24) is 0 Å². The Labute approximate surface area is 39.5 Å². The number of hydrogen-bond donors (Lipinski definition) is 1. The molecule has 0 radical (unpaired) electrons. The van der Waals surface area contributed by atoms with Crippen molar-refractivity contribution >= 4 is 0 Å². The van der Waals surface area contributed by atoms with Crippen LogP contribution < -0.4 is 5.73 Å². The highest BCUT2D eigenvalue weighted by Gasteiger charge is 1.92. The molecule has 1 atom stereocenters. The van der Waals surface area contributed by atoms with Gasteiger partial charge in [-0.3, -0.25) is 0 Å². The van der Waals surface area contributed by atoms with Gasteiger partial charge in [0, 0.05) is 5.92 Å². The van der Waals surface area contributed by atoms with Crippen molar-refractivity contribution in [2.45, 2.75) is 20.3 Å². The second kappa shape index (κ2) is 3.16. The monoisotopic (exact) mass is 88.1 g/mol. The number of rotatable bonds is 2. The molecule has 0 bridgehead atoms. The molecule has 1 heteroatoms. The Morgan fingerprint density at radius 2 is 2.17 bits per heavy atom. The van der Waals surface area contributed by atoms with E-state index in [1.165, 1.54) is 6.42 Å². The van der Waals surface area contributed by atoms with Crippen LogP contribution in [0.2, 0.25) is 0 Å². The van der Waals surface area contributed by atoms with Crippen molar-refractivity contribution in [2.24, 2.45) is 5.92 Å². The molecule has 0 aliphatic carbocycles. The lowest BCUT2D eigenvalue weighted by molar-refractivity contribution is -0.378. The summed E-state index contributed by atoms with van der Waals surface area (Å²) in [6, 6.07) is 0. The van der Waals surface area contributed by atoms with E-state index >= 15 is 0 Å². The molecule has 0 unspecified atom stereocenters. The predicted octanol–water partition coefficient (Wildman–Crippen LogP) is 0.274. The Morgan fingerprint density at radius 1 is 1.67 bits per heavy atom. The van der Waals surface area contributed by atoms with Crippen LogP contribution in [-0.4, -0.2) is 6.54 Å². The van der Waals surface area contributed by atoms with Gasteiger partial charge in [-0.25, -0.2) is 0 Å². The minimum Gasteiger partial charge on any atom is -0.357 e. The highest BCUT2D eigenvalue weighted by Crippen LogP contribution is 1.92. The molecular formula is C5H14N+. The van der Waals surface area contributed by atoms with Gasteiger partial charge in [0.15, 0.2) is 0 Å². The van der Waals surface area contributed by atoms with Gasteiger partial charge in [-0.05, 0) is 6.42 Å². The second-order valence-electron chi connectivity index (χ2n) is 1.80. The van der Waals surface area contributed by atoms with E-state index < -0.39 is 0 Å². The second-order valence-corrected chi connectivity index (χ2v) is 1.80. The molecule has 38 valence electrons. The third-order valence-electron chi connectivity index (χ3n) is 1.19. The van der Waals surface area contributed by atoms with Crippen molar-refractivity contribution in [1.29, 1.82) is 0 Å². The maximum atomic E-state index is 3.76. The molecule has 1 nitrogen and oxygen atoms in total. The van der Waals surface area contributed by atoms with Gasteiger partial charge in [-0.15, -0.1) is 0 Å². The quantitative estimate of drug-likeness (QED) is 0.502. The molecule has 0 spiro atoms. The van der Waals surface area contributed by atoms with E-state index in [-0.39, 0.29) is 0 Å². The van der Waals surface area contributed by atoms with E-state index in [4.69, 9.17) is 0 Å². The van der Waals surface area contributed by atoms with Crippen molar-refractivity contribution < 1.29 is 5.73 Å². The SMILES string of the molecule is CC[C@@H](C)C[NH3+]. The van der Waals surface area contributed by atoms with E-state index in [0.29, 0.717) is 0 Å². The Morgan fingerprint density at radius 3 is 2.17 bits per heavy atom. The maximum absolute atomic E-state index is 3.76. The van der Waals surface area contributed by atoms with E-state index in [1.54, 1.807) is 0 Å². The topological polar surface area (TPSA) is 27.6 Å². The Kier molecular flexibility index (Phi) is 3.14. The fraction of sp³-hybridized carbons (Fsp3) is 1.00. The van der Waals surface area contributed by atoms with Crippen LogP contribution in [0.5, 0.6) is 0 Å². The minimum absolute atomic E-state index is 0.824. The highest BCUT2D eigenvalue weighted by atomic mass is 14.5. The van der Waals surface area contributed by atoms with Crippen molar-refractivity contribution in [3.8, 4) is 0 Å². The lowest BCUT2D eigenvalue weighted by atomic mass is 10.1. The molecule has 6 heavy (non-hydrogen) atoms. The molecule has 0 saturated heterocycles. The third-order valence-corrected chi connectivity index (χ3v) is 1.19. The summed E-state index contributed by atoms with van der Waals surface area (Å²) in [6.45, 7) is 5.49. The van der Waals surface area contributed by atoms with E-state index in [9.17, 15) is 0 Å². The smallest absolute Gasteiger partial charge is 0.0765 e. The van der Waals surface area contributed by atoms with Crippen LogP contribution in [0, 0.1) is 5.92 Å². The van der Waals surface area contributed by atoms with E-state index in [0.717, 1.165) is 12.5 Å². The van der Waals surface area contributed by atoms with Crippen molar-refractivity contribution in [2.75, 3.05) is 6.54 Å². The lowest BCUT2D eigenvalue weighted by Gasteiger charge is -1.96. The summed E-state index contributed by atoms with van der Waals surface area (Å²) in [4.78, 5) is 0. The Hall–Kier alpha value is -0.0400. The van der Waals surface area contributed by atoms with Gasteiger partial charge < -0.3 is 5.73 Å². The minimum atomic E-state index is 0.824. The Bertz CT molecular complexity index is 23.1. The van der Waals surface area contributed by atoms with Crippen LogP contribution in [0.1, 0.15) is 20.3 Å². The highest BCUT2D eigenvalue weighted by molar-refractivity contribution is 4.40. The van der Waals surface area contributed by atoms with Gasteiger partial charge in [-0.2, -0.15) is 0 Å². The van der Waals surface area contributed by atoms with Gasteiger partial charge in [0.05, 0.1) is 6.54 Å². The molecule has 0 fully saturated rings. The first-order valence-electron chi connectivity index (χ1n) is 2.60. The van der Waals surface area contributed by atoms with Crippen LogP contribution in [0.15, 0.2) is 0 Å². The molecule has 0 aromatic heterocycles. The maximum Gasteiger partial charge on any atom is 0.0765 e. The van der Waals surface area contributed by atoms with Crippen molar-refractivity contribution in [3.63, 3.8) is 0 Å². The zero-order valence-corrected chi connectivity index (χ0v) is 4.70. The molecular weight excluding hydrogens is 74.1 g/mol. The summed E-state index contributed by atoms with van der Waals surface area (Å²) in [7, 11) is 0. The number of hydrogen-bond acceptors (Lipinski definition) is 0. The van der Waals surface area contributed by atoms with Gasteiger partial charge >= 0.3 is 0 Å². The summed E-state index contributed by atoms with van der Waals surface area (Å²) in [5.74, 6) is 0.824. The fourth-order valence-electron chi connectivity index (χ4n) is 0.204. The number of quaternary nitrogens is 1. The van der Waals surface area contributed by atoms with Crippen LogP contribution >= 0.6 is 0 Å². The zero-order chi connectivity index (χ0) is 4.99. The van der Waals surface area contributed by atoms with E-state index in [1.807, 2.05) is 0 Å². The summed E-state index contributed by atoms with van der Waals surface area (Å²) >= 11 is 0. The predicted molar refractivity (Wildman–Crippen MR) is 27.2 cm³/mol. The molecule has 0 aromatic rings. The average Bonchev–Trinajstić information content (AvgIpc) is 1.65. The molecule has 3 N–H and O–H groups in total. The first kappa shape index (κ1) is 5.96. The molecule has 0 heterocycles. The molecule has 0 aromatic carbocycles. The first-order chi connectivity index (χ1) is 2.81. The lowest BCUT2D eigenvalue weighted by Crippen LogP contribution is -2.52. The molecule has 0 amide bonds. The van der Waals surface area contributed by atoms with Crippen LogP contribution in [0.4, 0.5) is 0 Å². The normalized spacial score (nSPS) is 14.5. The van der Waals surface area contributed by atoms with Gasteiger partial charge in [0.25, 0.3) is 0 Å². The Balaban J connectivity index is 2.75. The average molecular weight is 88.2 g/mol. The van der Waals surface area contributed by atoms with Crippen molar-refractivity contribution in [3.05, 3.63) is 0 Å². The molecule has 0 aliphatic rings. The summed E-state index contributed by atoms with van der Waals surface area (Å²) in [5.41, 5.74) is 3.76. The molecule has 0 aliphatic heterocycles. The van der Waals surface area contributed by atoms with Crippen LogP contribution in [0.3, 0.4) is 0 Å². The molecule has 0 saturated carbocycles. The van der Waals surface area contributed by atoms with Crippen LogP contribution in [-0.2, 0) is 0 Å². The standard InChI is InChI=1S/C5H13N/c1-3-5(2)4-6/h5H,3-4,6H2,1-2H3/p+1/t5-/m1/s1. The fourth-order valence-corrected chi connectivity index (χ4v) is 0.204.